The molecule has 1 aliphatic heterocycles. The fourth-order valence-corrected chi connectivity index (χ4v) is 1.87. The van der Waals surface area contributed by atoms with Gasteiger partial charge in [0.15, 0.2) is 0 Å². The fourth-order valence-electron chi connectivity index (χ4n) is 1.87. The summed E-state index contributed by atoms with van der Waals surface area (Å²) in [6.07, 6.45) is 1.47. The first-order chi connectivity index (χ1) is 9.32. The molecule has 0 aromatic heterocycles. The van der Waals surface area contributed by atoms with E-state index < -0.39 is 17.7 Å². The second-order valence-electron chi connectivity index (χ2n) is 4.96. The van der Waals surface area contributed by atoms with Crippen molar-refractivity contribution >= 4 is 18.0 Å². The summed E-state index contributed by atoms with van der Waals surface area (Å²) in [4.78, 5) is 23.7. The molecule has 0 bridgehead atoms. The number of esters is 2. The minimum Gasteiger partial charge on any atom is -0.497 e. The van der Waals surface area contributed by atoms with Crippen molar-refractivity contribution in [3.8, 4) is 5.75 Å². The Morgan fingerprint density at radius 3 is 2.25 bits per heavy atom. The van der Waals surface area contributed by atoms with Crippen LogP contribution in [0.25, 0.3) is 6.08 Å². The minimum atomic E-state index is -1.22. The summed E-state index contributed by atoms with van der Waals surface area (Å²) >= 11 is 0. The molecule has 0 radical (unpaired) electrons. The Morgan fingerprint density at radius 1 is 1.15 bits per heavy atom. The Labute approximate surface area is 117 Å². The van der Waals surface area contributed by atoms with Gasteiger partial charge in [-0.25, -0.2) is 9.59 Å². The highest BCUT2D eigenvalue weighted by Crippen LogP contribution is 2.25. The molecule has 5 nitrogen and oxygen atoms in total. The van der Waals surface area contributed by atoms with E-state index in [1.807, 2.05) is 13.0 Å². The molecular weight excluding hydrogens is 260 g/mol. The molecular formula is C15H16O5. The number of aryl methyl sites for hydroxylation is 1. The van der Waals surface area contributed by atoms with Gasteiger partial charge < -0.3 is 14.2 Å². The standard InChI is InChI=1S/C15H16O5/c1-9-7-11(18-4)6-5-10(9)8-12-13(16)19-15(2,3)20-14(12)17/h5-8H,1-4H3. The molecule has 2 rings (SSSR count). The molecule has 1 saturated heterocycles. The molecule has 0 saturated carbocycles. The molecule has 1 heterocycles. The number of hydrogen-bond donors (Lipinski definition) is 0. The highest BCUT2D eigenvalue weighted by Gasteiger charge is 2.38. The second kappa shape index (κ2) is 5.00. The van der Waals surface area contributed by atoms with Crippen molar-refractivity contribution in [2.45, 2.75) is 26.6 Å². The van der Waals surface area contributed by atoms with Crippen LogP contribution in [0.5, 0.6) is 5.75 Å². The second-order valence-corrected chi connectivity index (χ2v) is 4.96. The minimum absolute atomic E-state index is 0.113. The van der Waals surface area contributed by atoms with Gasteiger partial charge in [0.05, 0.1) is 7.11 Å². The molecule has 1 aromatic carbocycles. The van der Waals surface area contributed by atoms with Crippen LogP contribution in [0.2, 0.25) is 0 Å². The van der Waals surface area contributed by atoms with Crippen molar-refractivity contribution in [1.82, 2.24) is 0 Å². The van der Waals surface area contributed by atoms with Gasteiger partial charge in [-0.3, -0.25) is 0 Å². The van der Waals surface area contributed by atoms with Crippen LogP contribution in [-0.4, -0.2) is 24.8 Å². The summed E-state index contributed by atoms with van der Waals surface area (Å²) in [7, 11) is 1.57. The molecule has 5 heteroatoms. The third kappa shape index (κ3) is 2.82. The summed E-state index contributed by atoms with van der Waals surface area (Å²) in [6, 6.07) is 5.33. The van der Waals surface area contributed by atoms with Crippen LogP contribution >= 0.6 is 0 Å². The van der Waals surface area contributed by atoms with Gasteiger partial charge in [0.25, 0.3) is 5.79 Å². The van der Waals surface area contributed by atoms with E-state index in [2.05, 4.69) is 0 Å². The number of hydrogen-bond acceptors (Lipinski definition) is 5. The molecule has 0 atom stereocenters. The number of rotatable bonds is 2. The molecule has 106 valence electrons. The van der Waals surface area contributed by atoms with E-state index in [4.69, 9.17) is 14.2 Å². The van der Waals surface area contributed by atoms with Crippen molar-refractivity contribution < 1.29 is 23.8 Å². The van der Waals surface area contributed by atoms with Crippen LogP contribution in [0, 0.1) is 6.92 Å². The lowest BCUT2D eigenvalue weighted by Crippen LogP contribution is -2.41. The van der Waals surface area contributed by atoms with Gasteiger partial charge in [0, 0.05) is 13.8 Å². The first kappa shape index (κ1) is 14.1. The Hall–Kier alpha value is -2.30. The Bertz CT molecular complexity index is 576. The van der Waals surface area contributed by atoms with E-state index >= 15 is 0 Å². The first-order valence-electron chi connectivity index (χ1n) is 6.15. The summed E-state index contributed by atoms with van der Waals surface area (Å²) < 4.78 is 15.2. The topological polar surface area (TPSA) is 61.8 Å². The SMILES string of the molecule is COc1ccc(C=C2C(=O)OC(C)(C)OC2=O)c(C)c1. The monoisotopic (exact) mass is 276 g/mol. The molecule has 1 aromatic rings. The zero-order valence-electron chi connectivity index (χ0n) is 11.9. The Kier molecular flexibility index (Phi) is 3.53. The number of methoxy groups -OCH3 is 1. The van der Waals surface area contributed by atoms with Gasteiger partial charge >= 0.3 is 11.9 Å². The Balaban J connectivity index is 2.36. The third-order valence-corrected chi connectivity index (χ3v) is 2.89. The lowest BCUT2D eigenvalue weighted by atomic mass is 10.0. The van der Waals surface area contributed by atoms with Crippen molar-refractivity contribution in [1.29, 1.82) is 0 Å². The molecule has 0 unspecified atom stereocenters. The Morgan fingerprint density at radius 2 is 1.75 bits per heavy atom. The highest BCUT2D eigenvalue weighted by atomic mass is 16.7. The van der Waals surface area contributed by atoms with Crippen LogP contribution < -0.4 is 4.74 Å². The number of benzene rings is 1. The van der Waals surface area contributed by atoms with Gasteiger partial charge in [-0.1, -0.05) is 6.07 Å². The van der Waals surface area contributed by atoms with Crippen LogP contribution in [-0.2, 0) is 19.1 Å². The maximum absolute atomic E-state index is 11.8. The summed E-state index contributed by atoms with van der Waals surface area (Å²) in [6.45, 7) is 4.88. The molecule has 20 heavy (non-hydrogen) atoms. The predicted octanol–water partition coefficient (Wildman–Crippen LogP) is 2.22. The molecule has 1 fully saturated rings. The lowest BCUT2D eigenvalue weighted by molar-refractivity contribution is -0.222. The normalized spacial score (nSPS) is 17.3. The van der Waals surface area contributed by atoms with Crippen molar-refractivity contribution in [3.63, 3.8) is 0 Å². The summed E-state index contributed by atoms with van der Waals surface area (Å²) in [5.74, 6) is -1.87. The van der Waals surface area contributed by atoms with E-state index in [1.165, 1.54) is 19.9 Å². The van der Waals surface area contributed by atoms with E-state index in [0.717, 1.165) is 11.1 Å². The average molecular weight is 276 g/mol. The lowest BCUT2D eigenvalue weighted by Gasteiger charge is -2.29. The van der Waals surface area contributed by atoms with E-state index in [9.17, 15) is 9.59 Å². The zero-order chi connectivity index (χ0) is 14.9. The molecule has 0 spiro atoms. The smallest absolute Gasteiger partial charge is 0.348 e. The summed E-state index contributed by atoms with van der Waals surface area (Å²) in [5, 5.41) is 0. The van der Waals surface area contributed by atoms with Crippen LogP contribution in [0.1, 0.15) is 25.0 Å². The number of ether oxygens (including phenoxy) is 3. The van der Waals surface area contributed by atoms with Gasteiger partial charge in [0.2, 0.25) is 0 Å². The summed E-state index contributed by atoms with van der Waals surface area (Å²) in [5.41, 5.74) is 1.49. The highest BCUT2D eigenvalue weighted by molar-refractivity contribution is 6.18. The van der Waals surface area contributed by atoms with Gasteiger partial charge in [-0.15, -0.1) is 0 Å². The number of cyclic esters (lactones) is 2. The quantitative estimate of drug-likeness (QED) is 0.471. The van der Waals surface area contributed by atoms with Crippen molar-refractivity contribution in [2.24, 2.45) is 0 Å². The van der Waals surface area contributed by atoms with Gasteiger partial charge in [0.1, 0.15) is 11.3 Å². The molecule has 1 aliphatic rings. The fraction of sp³-hybridized carbons (Fsp3) is 0.333. The zero-order valence-corrected chi connectivity index (χ0v) is 11.9. The number of carbonyl (C=O) groups is 2. The average Bonchev–Trinajstić information content (AvgIpc) is 2.34. The third-order valence-electron chi connectivity index (χ3n) is 2.89. The molecule has 0 amide bonds. The van der Waals surface area contributed by atoms with E-state index in [0.29, 0.717) is 5.75 Å². The van der Waals surface area contributed by atoms with Crippen molar-refractivity contribution in [3.05, 3.63) is 34.9 Å². The van der Waals surface area contributed by atoms with Crippen molar-refractivity contribution in [2.75, 3.05) is 7.11 Å². The first-order valence-corrected chi connectivity index (χ1v) is 6.15. The predicted molar refractivity (Wildman–Crippen MR) is 72.0 cm³/mol. The van der Waals surface area contributed by atoms with Crippen LogP contribution in [0.4, 0.5) is 0 Å². The van der Waals surface area contributed by atoms with E-state index in [1.54, 1.807) is 19.2 Å². The van der Waals surface area contributed by atoms with E-state index in [-0.39, 0.29) is 5.57 Å². The van der Waals surface area contributed by atoms with Gasteiger partial charge in [-0.2, -0.15) is 0 Å². The maximum Gasteiger partial charge on any atom is 0.348 e. The molecule has 0 aliphatic carbocycles. The number of carbonyl (C=O) groups excluding carboxylic acids is 2. The van der Waals surface area contributed by atoms with Gasteiger partial charge in [-0.05, 0) is 36.3 Å². The van der Waals surface area contributed by atoms with Crippen LogP contribution in [0.15, 0.2) is 23.8 Å². The molecule has 0 N–H and O–H groups in total. The largest absolute Gasteiger partial charge is 0.497 e. The maximum atomic E-state index is 11.8. The van der Waals surface area contributed by atoms with Crippen LogP contribution in [0.3, 0.4) is 0 Å².